The molecule has 172 valence electrons. The van der Waals surface area contributed by atoms with E-state index in [0.717, 1.165) is 45.2 Å². The molecule has 30 heavy (non-hydrogen) atoms. The molecule has 0 aromatic heterocycles. The molecular weight excluding hydrogens is 382 g/mol. The number of allylic oxidation sites excluding steroid dienone is 3. The third-order valence-corrected chi connectivity index (χ3v) is 4.66. The second-order valence-electron chi connectivity index (χ2n) is 7.13. The van der Waals surface area contributed by atoms with Gasteiger partial charge in [0.05, 0.1) is 6.42 Å². The molecule has 0 bridgehead atoms. The first-order valence-electron chi connectivity index (χ1n) is 11.1. The van der Waals surface area contributed by atoms with Gasteiger partial charge in [0.1, 0.15) is 13.2 Å². The van der Waals surface area contributed by atoms with Crippen LogP contribution in [0.5, 0.6) is 0 Å². The molecule has 0 amide bonds. The van der Waals surface area contributed by atoms with Crippen LogP contribution in [-0.4, -0.2) is 61.4 Å². The zero-order chi connectivity index (χ0) is 22.5. The van der Waals surface area contributed by atoms with Gasteiger partial charge in [0.15, 0.2) is 0 Å². The summed E-state index contributed by atoms with van der Waals surface area (Å²) in [6, 6.07) is 0. The van der Waals surface area contributed by atoms with Gasteiger partial charge in [-0.15, -0.1) is 6.58 Å². The van der Waals surface area contributed by atoms with E-state index >= 15 is 0 Å². The van der Waals surface area contributed by atoms with Gasteiger partial charge in [0.25, 0.3) is 0 Å². The Morgan fingerprint density at radius 2 is 1.67 bits per heavy atom. The molecule has 6 heteroatoms. The average molecular weight is 424 g/mol. The third kappa shape index (κ3) is 17.0. The van der Waals surface area contributed by atoms with Crippen LogP contribution >= 0.6 is 0 Å². The molecule has 0 fully saturated rings. The fourth-order valence-electron chi connectivity index (χ4n) is 2.77. The number of aliphatic hydroxyl groups is 1. The minimum Gasteiger partial charge on any atom is -0.461 e. The highest BCUT2D eigenvalue weighted by atomic mass is 16.5. The number of carbonyl (C=O) groups excluding carboxylic acids is 2. The molecule has 0 saturated heterocycles. The maximum absolute atomic E-state index is 11.8. The van der Waals surface area contributed by atoms with Crippen LogP contribution in [0.15, 0.2) is 37.0 Å². The zero-order valence-corrected chi connectivity index (χ0v) is 18.9. The Morgan fingerprint density at radius 3 is 2.27 bits per heavy atom. The summed E-state index contributed by atoms with van der Waals surface area (Å²) in [5.41, 5.74) is 0. The number of hydrogen-bond acceptors (Lipinski definition) is 6. The molecule has 6 nitrogen and oxygen atoms in total. The van der Waals surface area contributed by atoms with E-state index in [1.54, 1.807) is 0 Å². The first-order chi connectivity index (χ1) is 14.6. The monoisotopic (exact) mass is 423 g/mol. The second kappa shape index (κ2) is 20.4. The fourth-order valence-corrected chi connectivity index (χ4v) is 2.77. The van der Waals surface area contributed by atoms with Crippen molar-refractivity contribution in [2.24, 2.45) is 5.92 Å². The lowest BCUT2D eigenvalue weighted by Crippen LogP contribution is -2.28. The molecule has 0 aliphatic rings. The highest BCUT2D eigenvalue weighted by Gasteiger charge is 2.07. The van der Waals surface area contributed by atoms with E-state index in [1.165, 1.54) is 0 Å². The molecular formula is C24H41NO5. The number of nitrogens with zero attached hydrogens (tertiary/aromatic N) is 1. The largest absolute Gasteiger partial charge is 0.461 e. The van der Waals surface area contributed by atoms with Gasteiger partial charge >= 0.3 is 11.9 Å². The zero-order valence-electron chi connectivity index (χ0n) is 18.9. The molecule has 0 aliphatic heterocycles. The molecule has 0 spiro atoms. The van der Waals surface area contributed by atoms with Gasteiger partial charge in [-0.1, -0.05) is 44.2 Å². The molecule has 0 heterocycles. The van der Waals surface area contributed by atoms with Gasteiger partial charge in [-0.05, 0) is 44.6 Å². The van der Waals surface area contributed by atoms with Gasteiger partial charge < -0.3 is 19.5 Å². The Morgan fingerprint density at radius 1 is 1.00 bits per heavy atom. The maximum Gasteiger partial charge on any atom is 0.307 e. The van der Waals surface area contributed by atoms with Crippen LogP contribution in [0.25, 0.3) is 0 Å². The van der Waals surface area contributed by atoms with Crippen molar-refractivity contribution in [3.63, 3.8) is 0 Å². The summed E-state index contributed by atoms with van der Waals surface area (Å²) in [5, 5.41) is 8.88. The number of aliphatic hydroxyl groups excluding tert-OH is 1. The van der Waals surface area contributed by atoms with Crippen LogP contribution in [-0.2, 0) is 19.1 Å². The standard InChI is InChI=1S/C24H41NO5/c1-4-13-23(27)29-20-10-7-8-14-22(5-2)15-9-11-21-30-24(28)16-18-25(6-3)17-12-19-26/h5,7,9-11,22,26H,2,4,6,8,12-21H2,1,3H3/b10-7+,11-9-. The van der Waals surface area contributed by atoms with Crippen LogP contribution < -0.4 is 0 Å². The topological polar surface area (TPSA) is 76.1 Å². The first kappa shape index (κ1) is 28.1. The Labute approximate surface area is 182 Å². The lowest BCUT2D eigenvalue weighted by atomic mass is 9.99. The Hall–Kier alpha value is -1.92. The molecule has 0 radical (unpaired) electrons. The fraction of sp³-hybridized carbons (Fsp3) is 0.667. The summed E-state index contributed by atoms with van der Waals surface area (Å²) >= 11 is 0. The van der Waals surface area contributed by atoms with Gasteiger partial charge in [0.2, 0.25) is 0 Å². The molecule has 0 aliphatic carbocycles. The van der Waals surface area contributed by atoms with Crippen molar-refractivity contribution in [3.05, 3.63) is 37.0 Å². The highest BCUT2D eigenvalue weighted by Crippen LogP contribution is 2.13. The van der Waals surface area contributed by atoms with E-state index < -0.39 is 0 Å². The predicted molar refractivity (Wildman–Crippen MR) is 121 cm³/mol. The summed E-state index contributed by atoms with van der Waals surface area (Å²) in [5.74, 6) is 0.00219. The van der Waals surface area contributed by atoms with E-state index in [9.17, 15) is 9.59 Å². The summed E-state index contributed by atoms with van der Waals surface area (Å²) in [7, 11) is 0. The lowest BCUT2D eigenvalue weighted by molar-refractivity contribution is -0.143. The quantitative estimate of drug-likeness (QED) is 0.249. The van der Waals surface area contributed by atoms with Crippen molar-refractivity contribution >= 4 is 11.9 Å². The summed E-state index contributed by atoms with van der Waals surface area (Å²) in [6.45, 7) is 11.0. The van der Waals surface area contributed by atoms with Gasteiger partial charge in [-0.25, -0.2) is 0 Å². The van der Waals surface area contributed by atoms with E-state index in [-0.39, 0.29) is 25.2 Å². The molecule has 1 atom stereocenters. The van der Waals surface area contributed by atoms with E-state index in [2.05, 4.69) is 11.5 Å². The van der Waals surface area contributed by atoms with Crippen LogP contribution in [0, 0.1) is 5.92 Å². The lowest BCUT2D eigenvalue weighted by Gasteiger charge is -2.18. The van der Waals surface area contributed by atoms with Crippen molar-refractivity contribution < 1.29 is 24.2 Å². The van der Waals surface area contributed by atoms with Gasteiger partial charge in [-0.2, -0.15) is 0 Å². The van der Waals surface area contributed by atoms with Crippen molar-refractivity contribution in [2.75, 3.05) is 39.5 Å². The molecule has 1 unspecified atom stereocenters. The van der Waals surface area contributed by atoms with E-state index in [0.29, 0.717) is 31.9 Å². The third-order valence-electron chi connectivity index (χ3n) is 4.66. The van der Waals surface area contributed by atoms with Crippen molar-refractivity contribution in [1.82, 2.24) is 4.90 Å². The van der Waals surface area contributed by atoms with Gasteiger partial charge in [-0.3, -0.25) is 9.59 Å². The number of carbonyl (C=O) groups is 2. The number of hydrogen-bond donors (Lipinski definition) is 1. The molecule has 0 aromatic carbocycles. The smallest absolute Gasteiger partial charge is 0.307 e. The summed E-state index contributed by atoms with van der Waals surface area (Å²) < 4.78 is 10.3. The number of esters is 2. The molecule has 0 aromatic rings. The Bertz CT molecular complexity index is 516. The highest BCUT2D eigenvalue weighted by molar-refractivity contribution is 5.69. The SMILES string of the molecule is C=CC(C/C=C\COC(=O)CCN(CC)CCCO)CC/C=C/COC(=O)CCC. The van der Waals surface area contributed by atoms with Crippen molar-refractivity contribution in [1.29, 1.82) is 0 Å². The average Bonchev–Trinajstić information content (AvgIpc) is 2.74. The van der Waals surface area contributed by atoms with Crippen LogP contribution in [0.4, 0.5) is 0 Å². The first-order valence-corrected chi connectivity index (χ1v) is 11.1. The predicted octanol–water partition coefficient (Wildman–Crippen LogP) is 4.05. The van der Waals surface area contributed by atoms with Gasteiger partial charge in [0, 0.05) is 26.1 Å². The van der Waals surface area contributed by atoms with Crippen LogP contribution in [0.1, 0.15) is 58.8 Å². The molecule has 1 N–H and O–H groups in total. The summed E-state index contributed by atoms with van der Waals surface area (Å²) in [4.78, 5) is 25.2. The normalized spacial score (nSPS) is 12.5. The summed E-state index contributed by atoms with van der Waals surface area (Å²) in [6.07, 6.45) is 14.8. The van der Waals surface area contributed by atoms with Crippen LogP contribution in [0.2, 0.25) is 0 Å². The Balaban J connectivity index is 3.88. The number of ether oxygens (including phenoxy) is 2. The minimum absolute atomic E-state index is 0.152. The number of rotatable bonds is 19. The second-order valence-corrected chi connectivity index (χ2v) is 7.13. The Kier molecular flexibility index (Phi) is 19.1. The van der Waals surface area contributed by atoms with Crippen molar-refractivity contribution in [3.8, 4) is 0 Å². The molecule has 0 saturated carbocycles. The van der Waals surface area contributed by atoms with Crippen molar-refractivity contribution in [2.45, 2.75) is 58.8 Å². The minimum atomic E-state index is -0.202. The van der Waals surface area contributed by atoms with E-state index in [1.807, 2.05) is 44.2 Å². The van der Waals surface area contributed by atoms with Crippen LogP contribution in [0.3, 0.4) is 0 Å². The van der Waals surface area contributed by atoms with E-state index in [4.69, 9.17) is 14.6 Å². The molecule has 0 rings (SSSR count). The maximum atomic E-state index is 11.8.